The van der Waals surface area contributed by atoms with Crippen molar-refractivity contribution in [3.8, 4) is 0 Å². The summed E-state index contributed by atoms with van der Waals surface area (Å²) >= 11 is 5.80. The summed E-state index contributed by atoms with van der Waals surface area (Å²) in [5, 5.41) is 3.23. The fraction of sp³-hybridized carbons (Fsp3) is 0.238. The van der Waals surface area contributed by atoms with Crippen LogP contribution in [0.1, 0.15) is 22.3 Å². The summed E-state index contributed by atoms with van der Waals surface area (Å²) in [4.78, 5) is 51.6. The van der Waals surface area contributed by atoms with E-state index < -0.39 is 5.91 Å². The van der Waals surface area contributed by atoms with Crippen LogP contribution in [0.15, 0.2) is 48.5 Å². The van der Waals surface area contributed by atoms with Crippen LogP contribution >= 0.6 is 11.6 Å². The van der Waals surface area contributed by atoms with Crippen LogP contribution < -0.4 is 5.32 Å². The van der Waals surface area contributed by atoms with Crippen LogP contribution in [0.3, 0.4) is 0 Å². The lowest BCUT2D eigenvalue weighted by Gasteiger charge is -2.27. The van der Waals surface area contributed by atoms with Crippen LogP contribution in [0.25, 0.3) is 0 Å². The largest absolute Gasteiger partial charge is 0.336 e. The van der Waals surface area contributed by atoms with Gasteiger partial charge in [0.2, 0.25) is 17.7 Å². The zero-order valence-corrected chi connectivity index (χ0v) is 16.6. The smallest absolute Gasteiger partial charge is 0.260 e. The van der Waals surface area contributed by atoms with Crippen molar-refractivity contribution in [2.45, 2.75) is 12.8 Å². The van der Waals surface area contributed by atoms with E-state index in [1.165, 1.54) is 11.9 Å². The van der Waals surface area contributed by atoms with Gasteiger partial charge in [-0.05, 0) is 35.9 Å². The maximum Gasteiger partial charge on any atom is 0.260 e. The van der Waals surface area contributed by atoms with E-state index in [-0.39, 0.29) is 43.7 Å². The topological polar surface area (TPSA) is 86.8 Å². The van der Waals surface area contributed by atoms with Crippen molar-refractivity contribution in [3.63, 3.8) is 0 Å². The summed E-state index contributed by atoms with van der Waals surface area (Å²) in [6.07, 6.45) is 0.0831. The molecule has 0 radical (unpaired) electrons. The lowest BCUT2D eigenvalue weighted by Crippen LogP contribution is -2.44. The Morgan fingerprint density at radius 1 is 1.10 bits per heavy atom. The Kier molecular flexibility index (Phi) is 6.29. The van der Waals surface area contributed by atoms with Crippen LogP contribution in [-0.2, 0) is 20.8 Å². The molecule has 1 aliphatic rings. The van der Waals surface area contributed by atoms with Crippen molar-refractivity contribution in [2.75, 3.05) is 25.5 Å². The second-order valence-electron chi connectivity index (χ2n) is 6.74. The van der Waals surface area contributed by atoms with E-state index in [2.05, 4.69) is 5.32 Å². The first-order valence-electron chi connectivity index (χ1n) is 9.07. The molecule has 8 heteroatoms. The fourth-order valence-corrected chi connectivity index (χ4v) is 3.19. The van der Waals surface area contributed by atoms with Crippen molar-refractivity contribution >= 4 is 40.9 Å². The van der Waals surface area contributed by atoms with Gasteiger partial charge in [-0.1, -0.05) is 29.8 Å². The Bertz CT molecular complexity index is 959. The number of hydrogen-bond donors (Lipinski definition) is 1. The van der Waals surface area contributed by atoms with Gasteiger partial charge in [0.25, 0.3) is 5.91 Å². The van der Waals surface area contributed by atoms with E-state index >= 15 is 0 Å². The summed E-state index contributed by atoms with van der Waals surface area (Å²) in [6.45, 7) is -0.167. The third kappa shape index (κ3) is 5.00. The predicted octanol–water partition coefficient (Wildman–Crippen LogP) is 2.35. The molecule has 0 saturated heterocycles. The van der Waals surface area contributed by atoms with E-state index in [0.29, 0.717) is 21.8 Å². The highest BCUT2D eigenvalue weighted by molar-refractivity contribution is 6.30. The Hall–Kier alpha value is -3.19. The molecule has 1 aliphatic heterocycles. The summed E-state index contributed by atoms with van der Waals surface area (Å²) in [5.41, 5.74) is 1.75. The second-order valence-corrected chi connectivity index (χ2v) is 7.18. The standard InChI is InChI=1S/C21H20ClN3O4/c1-24(13-18(26)23-16-8-6-15(22)7-9-16)19(27)10-11-25-20(28)12-14-4-2-3-5-17(14)21(25)29/h2-9H,10-13H2,1H3,(H,23,26). The lowest BCUT2D eigenvalue weighted by atomic mass is 9.98. The number of imide groups is 1. The number of nitrogens with one attached hydrogen (secondary N) is 1. The minimum Gasteiger partial charge on any atom is -0.336 e. The zero-order chi connectivity index (χ0) is 21.0. The van der Waals surface area contributed by atoms with Crippen molar-refractivity contribution < 1.29 is 19.2 Å². The first-order chi connectivity index (χ1) is 13.8. The quantitative estimate of drug-likeness (QED) is 0.736. The number of carbonyl (C=O) groups excluding carboxylic acids is 4. The van der Waals surface area contributed by atoms with Gasteiger partial charge in [-0.2, -0.15) is 0 Å². The number of halogens is 1. The predicted molar refractivity (Wildman–Crippen MR) is 109 cm³/mol. The van der Waals surface area contributed by atoms with Crippen LogP contribution in [0, 0.1) is 0 Å². The van der Waals surface area contributed by atoms with E-state index in [4.69, 9.17) is 11.6 Å². The molecule has 1 N–H and O–H groups in total. The molecule has 2 aromatic rings. The van der Waals surface area contributed by atoms with Crippen molar-refractivity contribution in [2.24, 2.45) is 0 Å². The van der Waals surface area contributed by atoms with Gasteiger partial charge in [0.1, 0.15) is 0 Å². The minimum absolute atomic E-state index is 0.0199. The van der Waals surface area contributed by atoms with E-state index in [1.807, 2.05) is 0 Å². The Morgan fingerprint density at radius 3 is 2.52 bits per heavy atom. The van der Waals surface area contributed by atoms with Crippen LogP contribution in [0.4, 0.5) is 5.69 Å². The third-order valence-electron chi connectivity index (χ3n) is 4.62. The molecule has 0 atom stereocenters. The summed E-state index contributed by atoms with van der Waals surface area (Å²) in [7, 11) is 1.50. The Labute approximate surface area is 173 Å². The molecule has 4 amide bonds. The van der Waals surface area contributed by atoms with Gasteiger partial charge >= 0.3 is 0 Å². The van der Waals surface area contributed by atoms with Crippen LogP contribution in [0.2, 0.25) is 5.02 Å². The Morgan fingerprint density at radius 2 is 1.79 bits per heavy atom. The molecule has 29 heavy (non-hydrogen) atoms. The molecular weight excluding hydrogens is 394 g/mol. The maximum atomic E-state index is 12.5. The van der Waals surface area contributed by atoms with Crippen molar-refractivity contribution in [1.29, 1.82) is 0 Å². The molecular formula is C21H20ClN3O4. The number of amides is 4. The fourth-order valence-electron chi connectivity index (χ4n) is 3.06. The van der Waals surface area contributed by atoms with Gasteiger partial charge in [-0.15, -0.1) is 0 Å². The molecule has 150 valence electrons. The molecule has 2 aromatic carbocycles. The zero-order valence-electron chi connectivity index (χ0n) is 15.9. The lowest BCUT2D eigenvalue weighted by molar-refractivity contribution is -0.134. The molecule has 0 bridgehead atoms. The average Bonchev–Trinajstić information content (AvgIpc) is 2.69. The molecule has 0 unspecified atom stereocenters. The normalized spacial score (nSPS) is 13.1. The number of rotatable bonds is 6. The van der Waals surface area contributed by atoms with Crippen molar-refractivity contribution in [3.05, 3.63) is 64.7 Å². The Balaban J connectivity index is 1.52. The minimum atomic E-state index is -0.396. The third-order valence-corrected chi connectivity index (χ3v) is 4.87. The number of likely N-dealkylation sites (N-methyl/N-ethyl adjacent to an activating group) is 1. The van der Waals surface area contributed by atoms with Gasteiger partial charge in [0.05, 0.1) is 13.0 Å². The number of hydrogen-bond acceptors (Lipinski definition) is 4. The average molecular weight is 414 g/mol. The van der Waals surface area contributed by atoms with Crippen LogP contribution in [0.5, 0.6) is 0 Å². The molecule has 0 fully saturated rings. The van der Waals surface area contributed by atoms with E-state index in [1.54, 1.807) is 48.5 Å². The highest BCUT2D eigenvalue weighted by Gasteiger charge is 2.31. The van der Waals surface area contributed by atoms with Crippen molar-refractivity contribution in [1.82, 2.24) is 9.80 Å². The molecule has 3 rings (SSSR count). The first kappa shape index (κ1) is 20.5. The van der Waals surface area contributed by atoms with Gasteiger partial charge in [0, 0.05) is 36.3 Å². The monoisotopic (exact) mass is 413 g/mol. The molecule has 1 heterocycles. The SMILES string of the molecule is CN(CC(=O)Nc1ccc(Cl)cc1)C(=O)CCN1C(=O)Cc2ccccc2C1=O. The molecule has 7 nitrogen and oxygen atoms in total. The summed E-state index contributed by atoms with van der Waals surface area (Å²) in [6, 6.07) is 13.6. The summed E-state index contributed by atoms with van der Waals surface area (Å²) in [5.74, 6) is -1.42. The maximum absolute atomic E-state index is 12.5. The number of anilines is 1. The highest BCUT2D eigenvalue weighted by Crippen LogP contribution is 2.20. The number of fused-ring (bicyclic) bond motifs is 1. The van der Waals surface area contributed by atoms with E-state index in [9.17, 15) is 19.2 Å². The molecule has 0 aliphatic carbocycles. The van der Waals surface area contributed by atoms with Gasteiger partial charge in [-0.25, -0.2) is 0 Å². The van der Waals surface area contributed by atoms with Gasteiger partial charge < -0.3 is 10.2 Å². The van der Waals surface area contributed by atoms with E-state index in [0.717, 1.165) is 4.90 Å². The second kappa shape index (κ2) is 8.87. The molecule has 0 aromatic heterocycles. The number of carbonyl (C=O) groups is 4. The number of benzene rings is 2. The van der Waals surface area contributed by atoms with Gasteiger partial charge in [-0.3, -0.25) is 24.1 Å². The molecule has 0 spiro atoms. The highest BCUT2D eigenvalue weighted by atomic mass is 35.5. The molecule has 0 saturated carbocycles. The van der Waals surface area contributed by atoms with Gasteiger partial charge in [0.15, 0.2) is 0 Å². The van der Waals surface area contributed by atoms with Crippen LogP contribution in [-0.4, -0.2) is 53.6 Å². The first-order valence-corrected chi connectivity index (χ1v) is 9.45. The number of nitrogens with zero attached hydrogens (tertiary/aromatic N) is 2. The summed E-state index contributed by atoms with van der Waals surface area (Å²) < 4.78 is 0.